The van der Waals surface area contributed by atoms with Crippen molar-refractivity contribution < 1.29 is 9.59 Å². The van der Waals surface area contributed by atoms with Gasteiger partial charge in [0.1, 0.15) is 0 Å². The van der Waals surface area contributed by atoms with Crippen LogP contribution >= 0.6 is 11.6 Å². The van der Waals surface area contributed by atoms with E-state index < -0.39 is 6.04 Å². The van der Waals surface area contributed by atoms with Crippen molar-refractivity contribution in [3.63, 3.8) is 0 Å². The molecular weight excluding hydrogens is 326 g/mol. The number of carbonyl (C=O) groups excluding carboxylic acids is 2. The summed E-state index contributed by atoms with van der Waals surface area (Å²) in [5, 5.41) is 0.399. The summed E-state index contributed by atoms with van der Waals surface area (Å²) in [7, 11) is 1.86. The Kier molecular flexibility index (Phi) is 4.92. The predicted molar refractivity (Wildman–Crippen MR) is 92.9 cm³/mol. The Morgan fingerprint density at radius 3 is 2.67 bits per heavy atom. The SMILES string of the molecule is CN(CCc1ccccn1)C1CC(=O)N(c2ccccc2Cl)C1=O. The van der Waals surface area contributed by atoms with E-state index in [1.54, 1.807) is 30.5 Å². The average Bonchev–Trinajstić information content (AvgIpc) is 2.89. The van der Waals surface area contributed by atoms with Crippen molar-refractivity contribution in [1.29, 1.82) is 0 Å². The zero-order valence-electron chi connectivity index (χ0n) is 13.4. The largest absolute Gasteiger partial charge is 0.294 e. The normalized spacial score (nSPS) is 17.8. The first-order valence-electron chi connectivity index (χ1n) is 7.79. The van der Waals surface area contributed by atoms with Gasteiger partial charge in [0.2, 0.25) is 5.91 Å². The Labute approximate surface area is 145 Å². The predicted octanol–water partition coefficient (Wildman–Crippen LogP) is 2.54. The molecule has 5 nitrogen and oxygen atoms in total. The minimum absolute atomic E-state index is 0.169. The molecule has 1 aliphatic rings. The van der Waals surface area contributed by atoms with Crippen molar-refractivity contribution in [2.75, 3.05) is 18.5 Å². The van der Waals surface area contributed by atoms with Crippen LogP contribution in [-0.2, 0) is 16.0 Å². The van der Waals surface area contributed by atoms with Gasteiger partial charge in [-0.2, -0.15) is 0 Å². The number of benzene rings is 1. The molecule has 1 aromatic carbocycles. The molecule has 3 rings (SSSR count). The van der Waals surface area contributed by atoms with Gasteiger partial charge in [-0.1, -0.05) is 29.8 Å². The molecule has 2 heterocycles. The number of amides is 2. The second kappa shape index (κ2) is 7.11. The highest BCUT2D eigenvalue weighted by Crippen LogP contribution is 2.31. The lowest BCUT2D eigenvalue weighted by Crippen LogP contribution is -2.41. The maximum atomic E-state index is 12.7. The summed E-state index contributed by atoms with van der Waals surface area (Å²) in [4.78, 5) is 32.4. The number of halogens is 1. The molecule has 0 saturated carbocycles. The summed E-state index contributed by atoms with van der Waals surface area (Å²) in [5.74, 6) is -0.445. The van der Waals surface area contributed by atoms with Gasteiger partial charge < -0.3 is 0 Å². The van der Waals surface area contributed by atoms with E-state index in [0.29, 0.717) is 17.3 Å². The van der Waals surface area contributed by atoms with Crippen LogP contribution in [0, 0.1) is 0 Å². The number of aromatic nitrogens is 1. The van der Waals surface area contributed by atoms with Crippen LogP contribution < -0.4 is 4.90 Å². The second-order valence-corrected chi connectivity index (χ2v) is 6.20. The van der Waals surface area contributed by atoms with Crippen LogP contribution in [0.2, 0.25) is 5.02 Å². The fraction of sp³-hybridized carbons (Fsp3) is 0.278. The monoisotopic (exact) mass is 343 g/mol. The number of carbonyl (C=O) groups is 2. The minimum Gasteiger partial charge on any atom is -0.294 e. The highest BCUT2D eigenvalue weighted by atomic mass is 35.5. The molecule has 1 unspecified atom stereocenters. The molecule has 0 N–H and O–H groups in total. The molecule has 1 aliphatic heterocycles. The highest BCUT2D eigenvalue weighted by molar-refractivity contribution is 6.36. The molecule has 1 saturated heterocycles. The second-order valence-electron chi connectivity index (χ2n) is 5.79. The van der Waals surface area contributed by atoms with Crippen molar-refractivity contribution in [3.05, 3.63) is 59.4 Å². The summed E-state index contributed by atoms with van der Waals surface area (Å²) in [6.07, 6.45) is 2.64. The standard InChI is InChI=1S/C18H18ClN3O2/c1-21(11-9-13-6-4-5-10-20-13)16-12-17(23)22(18(16)24)15-8-3-2-7-14(15)19/h2-8,10,16H,9,11-12H2,1H3. The molecule has 124 valence electrons. The Hall–Kier alpha value is -2.24. The van der Waals surface area contributed by atoms with Crippen molar-refractivity contribution in [1.82, 2.24) is 9.88 Å². The molecule has 0 aliphatic carbocycles. The van der Waals surface area contributed by atoms with E-state index in [9.17, 15) is 9.59 Å². The number of nitrogens with zero attached hydrogens (tertiary/aromatic N) is 3. The third-order valence-corrected chi connectivity index (χ3v) is 4.51. The Bertz CT molecular complexity index is 751. The zero-order chi connectivity index (χ0) is 17.1. The number of hydrogen-bond acceptors (Lipinski definition) is 4. The number of anilines is 1. The molecule has 1 aromatic heterocycles. The van der Waals surface area contributed by atoms with Crippen LogP contribution in [0.5, 0.6) is 0 Å². The van der Waals surface area contributed by atoms with Crippen LogP contribution in [0.3, 0.4) is 0 Å². The molecule has 24 heavy (non-hydrogen) atoms. The molecule has 1 atom stereocenters. The lowest BCUT2D eigenvalue weighted by atomic mass is 10.2. The number of hydrogen-bond donors (Lipinski definition) is 0. The van der Waals surface area contributed by atoms with Gasteiger partial charge >= 0.3 is 0 Å². The van der Waals surface area contributed by atoms with Crippen molar-refractivity contribution >= 4 is 29.1 Å². The highest BCUT2D eigenvalue weighted by Gasteiger charge is 2.42. The van der Waals surface area contributed by atoms with Crippen LogP contribution in [0.1, 0.15) is 12.1 Å². The summed E-state index contributed by atoms with van der Waals surface area (Å²) in [6, 6.07) is 12.2. The summed E-state index contributed by atoms with van der Waals surface area (Å²) in [6.45, 7) is 0.650. The van der Waals surface area contributed by atoms with E-state index in [-0.39, 0.29) is 18.2 Å². The van der Waals surface area contributed by atoms with Crippen molar-refractivity contribution in [3.8, 4) is 0 Å². The van der Waals surface area contributed by atoms with Gasteiger partial charge in [-0.3, -0.25) is 19.5 Å². The van der Waals surface area contributed by atoms with Crippen LogP contribution in [-0.4, -0.2) is 41.3 Å². The van der Waals surface area contributed by atoms with E-state index in [0.717, 1.165) is 12.1 Å². The van der Waals surface area contributed by atoms with Gasteiger partial charge in [0.05, 0.1) is 23.2 Å². The van der Waals surface area contributed by atoms with Gasteiger partial charge in [0.15, 0.2) is 0 Å². The van der Waals surface area contributed by atoms with E-state index in [4.69, 9.17) is 11.6 Å². The van der Waals surface area contributed by atoms with E-state index >= 15 is 0 Å². The Morgan fingerprint density at radius 1 is 1.21 bits per heavy atom. The lowest BCUT2D eigenvalue weighted by Gasteiger charge is -2.23. The van der Waals surface area contributed by atoms with Crippen LogP contribution in [0.25, 0.3) is 0 Å². The molecular formula is C18H18ClN3O2. The number of pyridine rings is 1. The fourth-order valence-electron chi connectivity index (χ4n) is 2.84. The van der Waals surface area contributed by atoms with E-state index in [2.05, 4.69) is 4.98 Å². The van der Waals surface area contributed by atoms with E-state index in [1.807, 2.05) is 30.1 Å². The van der Waals surface area contributed by atoms with Gasteiger partial charge in [-0.15, -0.1) is 0 Å². The molecule has 6 heteroatoms. The van der Waals surface area contributed by atoms with Gasteiger partial charge in [0.25, 0.3) is 5.91 Å². The van der Waals surface area contributed by atoms with Crippen molar-refractivity contribution in [2.45, 2.75) is 18.9 Å². The Morgan fingerprint density at radius 2 is 1.96 bits per heavy atom. The molecule has 2 aromatic rings. The fourth-order valence-corrected chi connectivity index (χ4v) is 3.06. The number of rotatable bonds is 5. The van der Waals surface area contributed by atoms with Crippen LogP contribution in [0.15, 0.2) is 48.7 Å². The lowest BCUT2D eigenvalue weighted by molar-refractivity contribution is -0.122. The third kappa shape index (κ3) is 3.32. The molecule has 2 amide bonds. The van der Waals surface area contributed by atoms with Gasteiger partial charge in [0, 0.05) is 24.9 Å². The topological polar surface area (TPSA) is 53.5 Å². The van der Waals surface area contributed by atoms with Crippen molar-refractivity contribution in [2.24, 2.45) is 0 Å². The smallest absolute Gasteiger partial charge is 0.251 e. The number of likely N-dealkylation sites (N-methyl/N-ethyl adjacent to an activating group) is 1. The first-order chi connectivity index (χ1) is 11.6. The summed E-state index contributed by atoms with van der Waals surface area (Å²) in [5.41, 5.74) is 1.42. The average molecular weight is 344 g/mol. The minimum atomic E-state index is -0.461. The third-order valence-electron chi connectivity index (χ3n) is 4.20. The summed E-state index contributed by atoms with van der Waals surface area (Å²) >= 11 is 6.14. The number of imide groups is 1. The first-order valence-corrected chi connectivity index (χ1v) is 8.17. The summed E-state index contributed by atoms with van der Waals surface area (Å²) < 4.78 is 0. The van der Waals surface area contributed by atoms with Crippen LogP contribution in [0.4, 0.5) is 5.69 Å². The van der Waals surface area contributed by atoms with Gasteiger partial charge in [-0.25, -0.2) is 4.90 Å². The molecule has 0 bridgehead atoms. The molecule has 1 fully saturated rings. The molecule has 0 spiro atoms. The maximum Gasteiger partial charge on any atom is 0.251 e. The van der Waals surface area contributed by atoms with E-state index in [1.165, 1.54) is 4.90 Å². The maximum absolute atomic E-state index is 12.7. The molecule has 0 radical (unpaired) electrons. The van der Waals surface area contributed by atoms with Gasteiger partial charge in [-0.05, 0) is 31.3 Å². The quantitative estimate of drug-likeness (QED) is 0.783. The Balaban J connectivity index is 1.70. The first kappa shape index (κ1) is 16.6. The number of para-hydroxylation sites is 1. The zero-order valence-corrected chi connectivity index (χ0v) is 14.1.